The highest BCUT2D eigenvalue weighted by atomic mass is 35.5. The molecule has 0 saturated heterocycles. The zero-order chi connectivity index (χ0) is 17.5. The molecule has 1 aromatic carbocycles. The number of rotatable bonds is 6. The average molecular weight is 350 g/mol. The van der Waals surface area contributed by atoms with E-state index in [9.17, 15) is 0 Å². The first kappa shape index (κ1) is 18.3. The monoisotopic (exact) mass is 349 g/mol. The summed E-state index contributed by atoms with van der Waals surface area (Å²) in [7, 11) is 3.73. The summed E-state index contributed by atoms with van der Waals surface area (Å²) in [5.74, 6) is 2.43. The number of nitrogens with zero attached hydrogens (tertiary/aromatic N) is 4. The van der Waals surface area contributed by atoms with Gasteiger partial charge in [0.25, 0.3) is 0 Å². The Morgan fingerprint density at radius 2 is 2.12 bits per heavy atom. The third-order valence-electron chi connectivity index (χ3n) is 3.56. The highest BCUT2D eigenvalue weighted by molar-refractivity contribution is 6.31. The number of aromatic nitrogens is 2. The van der Waals surface area contributed by atoms with Crippen LogP contribution in [0, 0.1) is 0 Å². The minimum Gasteiger partial charge on any atom is -0.356 e. The molecule has 0 aliphatic heterocycles. The minimum atomic E-state index is 0.268. The van der Waals surface area contributed by atoms with Crippen LogP contribution in [-0.2, 0) is 13.0 Å². The van der Waals surface area contributed by atoms with Crippen LogP contribution in [-0.4, -0.2) is 41.6 Å². The van der Waals surface area contributed by atoms with Gasteiger partial charge in [-0.05, 0) is 11.6 Å². The molecule has 6 nitrogen and oxygen atoms in total. The molecule has 0 atom stereocenters. The largest absolute Gasteiger partial charge is 0.356 e. The van der Waals surface area contributed by atoms with E-state index < -0.39 is 0 Å². The molecule has 0 spiro atoms. The second kappa shape index (κ2) is 8.68. The molecule has 0 aliphatic carbocycles. The summed E-state index contributed by atoms with van der Waals surface area (Å²) in [6, 6.07) is 7.81. The van der Waals surface area contributed by atoms with E-state index in [4.69, 9.17) is 16.1 Å². The van der Waals surface area contributed by atoms with E-state index in [-0.39, 0.29) is 5.92 Å². The Morgan fingerprint density at radius 1 is 1.38 bits per heavy atom. The third kappa shape index (κ3) is 4.96. The number of aliphatic imine (C=N–C) groups is 1. The smallest absolute Gasteiger partial charge is 0.228 e. The van der Waals surface area contributed by atoms with Gasteiger partial charge in [-0.1, -0.05) is 48.8 Å². The van der Waals surface area contributed by atoms with Gasteiger partial charge in [-0.2, -0.15) is 4.98 Å². The number of benzene rings is 1. The Labute approximate surface area is 147 Å². The lowest BCUT2D eigenvalue weighted by atomic mass is 10.2. The molecule has 2 aromatic rings. The van der Waals surface area contributed by atoms with E-state index in [2.05, 4.69) is 20.4 Å². The van der Waals surface area contributed by atoms with Gasteiger partial charge < -0.3 is 14.7 Å². The molecule has 0 amide bonds. The summed E-state index contributed by atoms with van der Waals surface area (Å²) < 4.78 is 5.24. The Morgan fingerprint density at radius 3 is 2.75 bits per heavy atom. The fourth-order valence-corrected chi connectivity index (χ4v) is 2.42. The maximum atomic E-state index is 6.21. The summed E-state index contributed by atoms with van der Waals surface area (Å²) in [6.45, 7) is 5.42. The van der Waals surface area contributed by atoms with Gasteiger partial charge in [-0.15, -0.1) is 0 Å². The van der Waals surface area contributed by atoms with Crippen LogP contribution in [0.2, 0.25) is 5.02 Å². The van der Waals surface area contributed by atoms with Crippen LogP contribution in [0.3, 0.4) is 0 Å². The van der Waals surface area contributed by atoms with Gasteiger partial charge in [0.2, 0.25) is 5.89 Å². The summed E-state index contributed by atoms with van der Waals surface area (Å²) in [6.07, 6.45) is 0.651. The van der Waals surface area contributed by atoms with Crippen molar-refractivity contribution in [3.8, 4) is 0 Å². The molecule has 0 radical (unpaired) electrons. The van der Waals surface area contributed by atoms with Gasteiger partial charge in [0.05, 0.1) is 0 Å². The van der Waals surface area contributed by atoms with E-state index in [1.165, 1.54) is 0 Å². The Bertz CT molecular complexity index is 683. The second-order valence-corrected chi connectivity index (χ2v) is 6.28. The van der Waals surface area contributed by atoms with Crippen molar-refractivity contribution in [3.63, 3.8) is 0 Å². The van der Waals surface area contributed by atoms with Crippen LogP contribution in [0.4, 0.5) is 0 Å². The summed E-state index contributed by atoms with van der Waals surface area (Å²) >= 11 is 6.21. The lowest BCUT2D eigenvalue weighted by Crippen LogP contribution is -2.39. The fraction of sp³-hybridized carbons (Fsp3) is 0.471. The van der Waals surface area contributed by atoms with Gasteiger partial charge in [0.1, 0.15) is 0 Å². The molecule has 0 unspecified atom stereocenters. The van der Waals surface area contributed by atoms with Gasteiger partial charge in [0.15, 0.2) is 11.8 Å². The van der Waals surface area contributed by atoms with Crippen LogP contribution in [0.15, 0.2) is 33.8 Å². The molecular formula is C17H24ClN5O. The van der Waals surface area contributed by atoms with Crippen LogP contribution in [0.1, 0.15) is 37.0 Å². The van der Waals surface area contributed by atoms with Crippen molar-refractivity contribution in [2.24, 2.45) is 4.99 Å². The van der Waals surface area contributed by atoms with Gasteiger partial charge >= 0.3 is 0 Å². The lowest BCUT2D eigenvalue weighted by molar-refractivity contribution is 0.370. The summed E-state index contributed by atoms with van der Waals surface area (Å²) in [4.78, 5) is 10.7. The van der Waals surface area contributed by atoms with Crippen LogP contribution < -0.4 is 5.32 Å². The average Bonchev–Trinajstić information content (AvgIpc) is 3.03. The summed E-state index contributed by atoms with van der Waals surface area (Å²) in [5, 5.41) is 8.02. The molecule has 1 aromatic heterocycles. The van der Waals surface area contributed by atoms with Crippen molar-refractivity contribution < 1.29 is 4.52 Å². The zero-order valence-corrected chi connectivity index (χ0v) is 15.3. The molecule has 24 heavy (non-hydrogen) atoms. The van der Waals surface area contributed by atoms with E-state index >= 15 is 0 Å². The first-order chi connectivity index (χ1) is 11.5. The second-order valence-electron chi connectivity index (χ2n) is 5.87. The molecule has 0 saturated carbocycles. The topological polar surface area (TPSA) is 66.5 Å². The molecule has 1 heterocycles. The van der Waals surface area contributed by atoms with Gasteiger partial charge in [0, 0.05) is 44.5 Å². The van der Waals surface area contributed by atoms with E-state index in [1.807, 2.05) is 50.1 Å². The Kier molecular flexibility index (Phi) is 6.61. The molecule has 130 valence electrons. The molecule has 0 aliphatic rings. The quantitative estimate of drug-likeness (QED) is 0.641. The van der Waals surface area contributed by atoms with Crippen LogP contribution in [0.5, 0.6) is 0 Å². The minimum absolute atomic E-state index is 0.268. The van der Waals surface area contributed by atoms with Crippen molar-refractivity contribution >= 4 is 17.6 Å². The van der Waals surface area contributed by atoms with Crippen molar-refractivity contribution in [2.75, 3.05) is 20.6 Å². The maximum absolute atomic E-state index is 6.21. The maximum Gasteiger partial charge on any atom is 0.228 e. The van der Waals surface area contributed by atoms with E-state index in [1.54, 1.807) is 7.05 Å². The van der Waals surface area contributed by atoms with Gasteiger partial charge in [-0.25, -0.2) is 0 Å². The number of nitrogens with one attached hydrogen (secondary N) is 1. The standard InChI is InChI=1S/C17H24ClN5O/c1-12(2)16-21-15(24-22-16)9-10-20-17(19-3)23(4)11-13-7-5-6-8-14(13)18/h5-8,12H,9-11H2,1-4H3,(H,19,20). The number of hydrogen-bond acceptors (Lipinski definition) is 4. The van der Waals surface area contributed by atoms with Crippen molar-refractivity contribution in [1.29, 1.82) is 0 Å². The molecule has 0 fully saturated rings. The molecule has 2 rings (SSSR count). The van der Waals surface area contributed by atoms with Crippen LogP contribution >= 0.6 is 11.6 Å². The lowest BCUT2D eigenvalue weighted by Gasteiger charge is -2.22. The fourth-order valence-electron chi connectivity index (χ4n) is 2.23. The molecular weight excluding hydrogens is 326 g/mol. The molecule has 1 N–H and O–H groups in total. The third-order valence-corrected chi connectivity index (χ3v) is 3.93. The Balaban J connectivity index is 1.86. The highest BCUT2D eigenvalue weighted by Gasteiger charge is 2.11. The predicted molar refractivity (Wildman–Crippen MR) is 96.4 cm³/mol. The summed E-state index contributed by atoms with van der Waals surface area (Å²) in [5.41, 5.74) is 1.06. The number of hydrogen-bond donors (Lipinski definition) is 1. The highest BCUT2D eigenvalue weighted by Crippen LogP contribution is 2.16. The molecule has 7 heteroatoms. The normalized spacial score (nSPS) is 11.8. The van der Waals surface area contributed by atoms with Crippen molar-refractivity contribution in [2.45, 2.75) is 32.7 Å². The van der Waals surface area contributed by atoms with E-state index in [0.29, 0.717) is 25.4 Å². The van der Waals surface area contributed by atoms with Gasteiger partial charge in [-0.3, -0.25) is 4.99 Å². The Hall–Kier alpha value is -2.08. The van der Waals surface area contributed by atoms with E-state index in [0.717, 1.165) is 22.4 Å². The van der Waals surface area contributed by atoms with Crippen molar-refractivity contribution in [1.82, 2.24) is 20.4 Å². The SMILES string of the molecule is CN=C(NCCc1nc(C(C)C)no1)N(C)Cc1ccccc1Cl. The number of halogens is 1. The van der Waals surface area contributed by atoms with Crippen LogP contribution in [0.25, 0.3) is 0 Å². The molecule has 0 bridgehead atoms. The first-order valence-corrected chi connectivity index (χ1v) is 8.36. The van der Waals surface area contributed by atoms with Crippen molar-refractivity contribution in [3.05, 3.63) is 46.6 Å². The number of guanidine groups is 1. The zero-order valence-electron chi connectivity index (χ0n) is 14.6. The predicted octanol–water partition coefficient (Wildman–Crippen LogP) is 3.10. The first-order valence-electron chi connectivity index (χ1n) is 7.99.